The van der Waals surface area contributed by atoms with Gasteiger partial charge in [-0.15, -0.1) is 0 Å². The van der Waals surface area contributed by atoms with Crippen LogP contribution in [0.4, 0.5) is 0 Å². The minimum absolute atomic E-state index is 0.187. The summed E-state index contributed by atoms with van der Waals surface area (Å²) in [4.78, 5) is 4.31. The summed E-state index contributed by atoms with van der Waals surface area (Å²) in [7, 11) is 0. The molecule has 0 bridgehead atoms. The van der Waals surface area contributed by atoms with Crippen LogP contribution in [0.15, 0.2) is 10.7 Å². The van der Waals surface area contributed by atoms with Gasteiger partial charge >= 0.3 is 0 Å². The van der Waals surface area contributed by atoms with Crippen molar-refractivity contribution >= 4 is 0 Å². The Morgan fingerprint density at radius 2 is 2.14 bits per heavy atom. The lowest BCUT2D eigenvalue weighted by Gasteiger charge is -2.14. The van der Waals surface area contributed by atoms with Crippen molar-refractivity contribution in [3.05, 3.63) is 17.8 Å². The monoisotopic (exact) mass is 197 g/mol. The molecule has 1 unspecified atom stereocenters. The van der Waals surface area contributed by atoms with Gasteiger partial charge in [0.1, 0.15) is 6.26 Å². The molecule has 1 atom stereocenters. The third-order valence-corrected chi connectivity index (χ3v) is 1.79. The van der Waals surface area contributed by atoms with E-state index in [1.807, 2.05) is 0 Å². The van der Waals surface area contributed by atoms with Gasteiger partial charge in [-0.25, -0.2) is 4.98 Å². The summed E-state index contributed by atoms with van der Waals surface area (Å²) >= 11 is 0. The van der Waals surface area contributed by atoms with Gasteiger partial charge in [0, 0.05) is 12.8 Å². The van der Waals surface area contributed by atoms with Gasteiger partial charge in [0.2, 0.25) is 0 Å². The fourth-order valence-corrected chi connectivity index (χ4v) is 1.28. The Labute approximate surface area is 85.2 Å². The van der Waals surface area contributed by atoms with Crippen LogP contribution in [0.5, 0.6) is 0 Å². The Bertz CT molecular complexity index is 284. The van der Waals surface area contributed by atoms with E-state index in [1.165, 1.54) is 0 Å². The first-order valence-electron chi connectivity index (χ1n) is 4.98. The highest BCUT2D eigenvalue weighted by atomic mass is 16.3. The highest BCUT2D eigenvalue weighted by molar-refractivity contribution is 4.99. The average Bonchev–Trinajstić information content (AvgIpc) is 2.30. The van der Waals surface area contributed by atoms with Crippen molar-refractivity contribution in [3.63, 3.8) is 0 Å². The summed E-state index contributed by atoms with van der Waals surface area (Å²) in [6, 6.07) is 0. The maximum atomic E-state index is 9.17. The molecule has 0 saturated heterocycles. The van der Waals surface area contributed by atoms with Crippen LogP contribution in [-0.4, -0.2) is 16.2 Å². The van der Waals surface area contributed by atoms with Gasteiger partial charge in [-0.1, -0.05) is 20.8 Å². The quantitative estimate of drug-likeness (QED) is 0.808. The molecule has 1 N–H and O–H groups in total. The van der Waals surface area contributed by atoms with E-state index in [4.69, 9.17) is 9.52 Å². The number of aliphatic hydroxyl groups is 1. The molecule has 0 fully saturated rings. The van der Waals surface area contributed by atoms with Crippen LogP contribution in [0.3, 0.4) is 0 Å². The second-order valence-electron chi connectivity index (χ2n) is 5.02. The number of aromatic nitrogens is 1. The number of aliphatic hydroxyl groups excluding tert-OH is 1. The van der Waals surface area contributed by atoms with Crippen molar-refractivity contribution in [3.8, 4) is 0 Å². The third kappa shape index (κ3) is 3.92. The van der Waals surface area contributed by atoms with E-state index in [1.54, 1.807) is 13.2 Å². The molecule has 0 saturated carbocycles. The zero-order valence-corrected chi connectivity index (χ0v) is 9.37. The Balaban J connectivity index is 2.60. The molecule has 0 aliphatic carbocycles. The molecule has 3 nitrogen and oxygen atoms in total. The fraction of sp³-hybridized carbons (Fsp3) is 0.727. The zero-order chi connectivity index (χ0) is 10.8. The topological polar surface area (TPSA) is 46.3 Å². The molecule has 0 spiro atoms. The van der Waals surface area contributed by atoms with Crippen molar-refractivity contribution in [1.82, 2.24) is 4.98 Å². The number of nitrogens with zero attached hydrogens (tertiary/aromatic N) is 1. The molecule has 14 heavy (non-hydrogen) atoms. The van der Waals surface area contributed by atoms with Crippen molar-refractivity contribution in [2.75, 3.05) is 0 Å². The molecule has 1 aromatic rings. The average molecular weight is 197 g/mol. The molecule has 0 aromatic carbocycles. The van der Waals surface area contributed by atoms with Crippen molar-refractivity contribution in [2.24, 2.45) is 5.41 Å². The summed E-state index contributed by atoms with van der Waals surface area (Å²) in [5.74, 6) is 0.758. The van der Waals surface area contributed by atoms with E-state index in [-0.39, 0.29) is 11.5 Å². The highest BCUT2D eigenvalue weighted by Gasteiger charge is 2.15. The van der Waals surface area contributed by atoms with Gasteiger partial charge < -0.3 is 9.52 Å². The molecule has 1 aromatic heterocycles. The molecule has 0 aliphatic rings. The molecule has 0 amide bonds. The van der Waals surface area contributed by atoms with Gasteiger partial charge in [-0.3, -0.25) is 0 Å². The van der Waals surface area contributed by atoms with Crippen LogP contribution < -0.4 is 0 Å². The minimum Gasteiger partial charge on any atom is -0.449 e. The Kier molecular flexibility index (Phi) is 3.32. The maximum absolute atomic E-state index is 9.17. The van der Waals surface area contributed by atoms with Crippen LogP contribution in [0.1, 0.15) is 39.3 Å². The Morgan fingerprint density at radius 3 is 2.64 bits per heavy atom. The lowest BCUT2D eigenvalue weighted by atomic mass is 9.92. The van der Waals surface area contributed by atoms with Gasteiger partial charge in [0.05, 0.1) is 11.8 Å². The fourth-order valence-electron chi connectivity index (χ4n) is 1.28. The Hall–Kier alpha value is -0.830. The Morgan fingerprint density at radius 1 is 1.50 bits per heavy atom. The first-order chi connectivity index (χ1) is 6.37. The van der Waals surface area contributed by atoms with E-state index in [0.717, 1.165) is 18.0 Å². The molecule has 1 rings (SSSR count). The van der Waals surface area contributed by atoms with Crippen LogP contribution in [0, 0.1) is 5.41 Å². The third-order valence-electron chi connectivity index (χ3n) is 1.79. The first-order valence-corrected chi connectivity index (χ1v) is 4.98. The number of rotatable bonds is 3. The smallest absolute Gasteiger partial charge is 0.194 e. The van der Waals surface area contributed by atoms with E-state index in [9.17, 15) is 0 Å². The maximum Gasteiger partial charge on any atom is 0.194 e. The standard InChI is InChI=1S/C11H19NO2/c1-8(13)5-9-7-14-10(12-9)6-11(2,3)4/h7-8,13H,5-6H2,1-4H3. The molecular weight excluding hydrogens is 178 g/mol. The SMILES string of the molecule is CC(O)Cc1coc(CC(C)(C)C)n1. The number of hydrogen-bond acceptors (Lipinski definition) is 3. The van der Waals surface area contributed by atoms with E-state index in [2.05, 4.69) is 25.8 Å². The van der Waals surface area contributed by atoms with Crippen LogP contribution in [0.25, 0.3) is 0 Å². The van der Waals surface area contributed by atoms with Crippen LogP contribution in [0.2, 0.25) is 0 Å². The summed E-state index contributed by atoms with van der Waals surface area (Å²) in [6.07, 6.45) is 2.66. The molecular formula is C11H19NO2. The van der Waals surface area contributed by atoms with E-state index in [0.29, 0.717) is 6.42 Å². The van der Waals surface area contributed by atoms with Gasteiger partial charge in [0.15, 0.2) is 5.89 Å². The zero-order valence-electron chi connectivity index (χ0n) is 9.37. The largest absolute Gasteiger partial charge is 0.449 e. The number of hydrogen-bond donors (Lipinski definition) is 1. The van der Waals surface area contributed by atoms with Crippen LogP contribution >= 0.6 is 0 Å². The van der Waals surface area contributed by atoms with Crippen LogP contribution in [-0.2, 0) is 12.8 Å². The predicted octanol–water partition coefficient (Wildman–Crippen LogP) is 2.19. The van der Waals surface area contributed by atoms with Gasteiger partial charge in [-0.05, 0) is 12.3 Å². The normalized spacial score (nSPS) is 14.4. The number of oxazole rings is 1. The molecule has 3 heteroatoms. The lowest BCUT2D eigenvalue weighted by Crippen LogP contribution is -2.10. The van der Waals surface area contributed by atoms with Crippen molar-refractivity contribution in [1.29, 1.82) is 0 Å². The molecule has 0 aliphatic heterocycles. The molecule has 80 valence electrons. The first kappa shape index (κ1) is 11.2. The van der Waals surface area contributed by atoms with E-state index >= 15 is 0 Å². The summed E-state index contributed by atoms with van der Waals surface area (Å²) in [5, 5.41) is 9.17. The minimum atomic E-state index is -0.359. The van der Waals surface area contributed by atoms with Gasteiger partial charge in [-0.2, -0.15) is 0 Å². The molecule has 0 radical (unpaired) electrons. The van der Waals surface area contributed by atoms with E-state index < -0.39 is 0 Å². The highest BCUT2D eigenvalue weighted by Crippen LogP contribution is 2.20. The second-order valence-corrected chi connectivity index (χ2v) is 5.02. The predicted molar refractivity (Wildman–Crippen MR) is 55.0 cm³/mol. The van der Waals surface area contributed by atoms with Gasteiger partial charge in [0.25, 0.3) is 0 Å². The molecule has 1 heterocycles. The summed E-state index contributed by atoms with van der Waals surface area (Å²) in [5.41, 5.74) is 1.02. The van der Waals surface area contributed by atoms with Crippen molar-refractivity contribution < 1.29 is 9.52 Å². The summed E-state index contributed by atoms with van der Waals surface area (Å²) in [6.45, 7) is 8.18. The second kappa shape index (κ2) is 4.13. The van der Waals surface area contributed by atoms with Crippen molar-refractivity contribution in [2.45, 2.75) is 46.6 Å². The lowest BCUT2D eigenvalue weighted by molar-refractivity contribution is 0.194. The summed E-state index contributed by atoms with van der Waals surface area (Å²) < 4.78 is 5.32.